The van der Waals surface area contributed by atoms with E-state index in [-0.39, 0.29) is 18.4 Å². The number of hydrogen-bond acceptors (Lipinski definition) is 3. The average Bonchev–Trinajstić information content (AvgIpc) is 3.23. The first kappa shape index (κ1) is 19.9. The number of carbonyl (C=O) groups is 1. The van der Waals surface area contributed by atoms with Crippen molar-refractivity contribution in [3.8, 4) is 0 Å². The molecule has 30 heavy (non-hydrogen) atoms. The van der Waals surface area contributed by atoms with E-state index < -0.39 is 5.60 Å². The molecule has 4 nitrogen and oxygen atoms in total. The number of benzene rings is 3. The van der Waals surface area contributed by atoms with E-state index in [2.05, 4.69) is 5.32 Å². The van der Waals surface area contributed by atoms with Crippen molar-refractivity contribution in [3.05, 3.63) is 108 Å². The molecule has 3 aromatic carbocycles. The van der Waals surface area contributed by atoms with E-state index >= 15 is 0 Å². The van der Waals surface area contributed by atoms with Crippen molar-refractivity contribution in [3.63, 3.8) is 0 Å². The molecule has 4 heteroatoms. The Kier molecular flexibility index (Phi) is 5.68. The van der Waals surface area contributed by atoms with Crippen LogP contribution < -0.4 is 5.32 Å². The molecule has 0 aliphatic rings. The zero-order valence-corrected chi connectivity index (χ0v) is 16.9. The van der Waals surface area contributed by atoms with Crippen LogP contribution >= 0.6 is 0 Å². The van der Waals surface area contributed by atoms with E-state index in [1.807, 2.05) is 91.0 Å². The molecule has 1 heterocycles. The van der Waals surface area contributed by atoms with E-state index in [1.54, 1.807) is 6.92 Å². The lowest BCUT2D eigenvalue weighted by atomic mass is 9.88. The Morgan fingerprint density at radius 2 is 1.50 bits per heavy atom. The van der Waals surface area contributed by atoms with Crippen molar-refractivity contribution in [1.82, 2.24) is 5.32 Å². The van der Waals surface area contributed by atoms with Crippen LogP contribution in [-0.4, -0.2) is 17.6 Å². The summed E-state index contributed by atoms with van der Waals surface area (Å²) in [5.41, 5.74) is 1.59. The normalized spacial score (nSPS) is 13.3. The fraction of sp³-hybridized carbons (Fsp3) is 0.192. The van der Waals surface area contributed by atoms with Crippen LogP contribution in [0.2, 0.25) is 0 Å². The number of rotatable bonds is 7. The third-order valence-electron chi connectivity index (χ3n) is 5.38. The van der Waals surface area contributed by atoms with Crippen molar-refractivity contribution in [2.75, 3.05) is 6.54 Å². The number of aliphatic hydroxyl groups is 1. The van der Waals surface area contributed by atoms with Crippen LogP contribution in [0.4, 0.5) is 0 Å². The fourth-order valence-electron chi connectivity index (χ4n) is 3.66. The van der Waals surface area contributed by atoms with Gasteiger partial charge >= 0.3 is 0 Å². The highest BCUT2D eigenvalue weighted by Crippen LogP contribution is 2.29. The molecule has 2 N–H and O–H groups in total. The van der Waals surface area contributed by atoms with Gasteiger partial charge in [0.25, 0.3) is 0 Å². The number of hydrogen-bond donors (Lipinski definition) is 2. The lowest BCUT2D eigenvalue weighted by Crippen LogP contribution is -2.38. The summed E-state index contributed by atoms with van der Waals surface area (Å²) < 4.78 is 5.78. The summed E-state index contributed by atoms with van der Waals surface area (Å²) >= 11 is 0. The highest BCUT2D eigenvalue weighted by atomic mass is 16.4. The smallest absolute Gasteiger partial charge is 0.221 e. The van der Waals surface area contributed by atoms with Crippen LogP contribution in [0.3, 0.4) is 0 Å². The first-order valence-electron chi connectivity index (χ1n) is 10.1. The maximum Gasteiger partial charge on any atom is 0.221 e. The first-order chi connectivity index (χ1) is 14.5. The fourth-order valence-corrected chi connectivity index (χ4v) is 3.66. The quantitative estimate of drug-likeness (QED) is 0.461. The Balaban J connectivity index is 1.47. The summed E-state index contributed by atoms with van der Waals surface area (Å²) in [6.45, 7) is 1.72. The third-order valence-corrected chi connectivity index (χ3v) is 5.38. The molecule has 1 amide bonds. The van der Waals surface area contributed by atoms with E-state index in [1.165, 1.54) is 0 Å². The molecule has 0 unspecified atom stereocenters. The molecule has 1 aromatic heterocycles. The Bertz CT molecular complexity index is 1040. The summed E-state index contributed by atoms with van der Waals surface area (Å²) in [7, 11) is 0. The van der Waals surface area contributed by atoms with E-state index in [0.717, 1.165) is 16.5 Å². The van der Waals surface area contributed by atoms with Gasteiger partial charge in [-0.15, -0.1) is 0 Å². The van der Waals surface area contributed by atoms with Gasteiger partial charge < -0.3 is 14.8 Å². The number of fused-ring (bicyclic) bond motifs is 1. The lowest BCUT2D eigenvalue weighted by molar-refractivity contribution is -0.122. The Hall–Kier alpha value is -3.37. The monoisotopic (exact) mass is 399 g/mol. The summed E-state index contributed by atoms with van der Waals surface area (Å²) in [5.74, 6) is 0.263. The van der Waals surface area contributed by atoms with Crippen molar-refractivity contribution in [2.45, 2.75) is 24.9 Å². The standard InChI is InChI=1S/C26H25NO3/c1-26(29,24-16-21-14-8-9-15-23(21)30-24)18-27-25(28)17-22(19-10-4-2-5-11-19)20-12-6-3-7-13-20/h2-16,22,29H,17-18H2,1H3,(H,27,28)/t26-/m0/s1. The molecule has 0 bridgehead atoms. The van der Waals surface area contributed by atoms with Gasteiger partial charge in [0.15, 0.2) is 0 Å². The van der Waals surface area contributed by atoms with Gasteiger partial charge in [0.05, 0.1) is 6.54 Å². The Labute approximate surface area is 176 Å². The number of furan rings is 1. The molecule has 0 spiro atoms. The molecule has 4 aromatic rings. The molecular weight excluding hydrogens is 374 g/mol. The maximum atomic E-state index is 12.8. The van der Waals surface area contributed by atoms with E-state index in [4.69, 9.17) is 4.42 Å². The van der Waals surface area contributed by atoms with Crippen LogP contribution in [0.1, 0.15) is 36.1 Å². The minimum atomic E-state index is -1.30. The summed E-state index contributed by atoms with van der Waals surface area (Å²) in [6, 6.07) is 29.4. The minimum absolute atomic E-state index is 0.0523. The van der Waals surface area contributed by atoms with Crippen LogP contribution in [0.25, 0.3) is 11.0 Å². The highest BCUT2D eigenvalue weighted by Gasteiger charge is 2.29. The van der Waals surface area contributed by atoms with Gasteiger partial charge in [-0.25, -0.2) is 0 Å². The van der Waals surface area contributed by atoms with Crippen LogP contribution in [0.5, 0.6) is 0 Å². The van der Waals surface area contributed by atoms with Gasteiger partial charge in [0.1, 0.15) is 16.9 Å². The van der Waals surface area contributed by atoms with E-state index in [9.17, 15) is 9.90 Å². The first-order valence-corrected chi connectivity index (χ1v) is 10.1. The minimum Gasteiger partial charge on any atom is -0.458 e. The second kappa shape index (κ2) is 8.56. The molecule has 4 rings (SSSR count). The van der Waals surface area contributed by atoms with Crippen LogP contribution in [0.15, 0.2) is 95.4 Å². The third kappa shape index (κ3) is 4.44. The van der Waals surface area contributed by atoms with Gasteiger partial charge in [-0.3, -0.25) is 4.79 Å². The molecule has 0 aliphatic carbocycles. The lowest BCUT2D eigenvalue weighted by Gasteiger charge is -2.23. The summed E-state index contributed by atoms with van der Waals surface area (Å²) in [5, 5.41) is 14.7. The van der Waals surface area contributed by atoms with E-state index in [0.29, 0.717) is 17.8 Å². The SMILES string of the molecule is C[C@](O)(CNC(=O)CC(c1ccccc1)c1ccccc1)c1cc2ccccc2o1. The maximum absolute atomic E-state index is 12.8. The zero-order chi connectivity index (χ0) is 21.0. The van der Waals surface area contributed by atoms with Crippen molar-refractivity contribution in [1.29, 1.82) is 0 Å². The summed E-state index contributed by atoms with van der Waals surface area (Å²) in [4.78, 5) is 12.8. The van der Waals surface area contributed by atoms with Crippen molar-refractivity contribution >= 4 is 16.9 Å². The van der Waals surface area contributed by atoms with Gasteiger partial charge in [-0.1, -0.05) is 78.9 Å². The molecule has 0 aliphatic heterocycles. The Morgan fingerprint density at radius 1 is 0.933 bits per heavy atom. The second-order valence-corrected chi connectivity index (χ2v) is 7.78. The van der Waals surface area contributed by atoms with Gasteiger partial charge in [0, 0.05) is 17.7 Å². The molecule has 1 atom stereocenters. The highest BCUT2D eigenvalue weighted by molar-refractivity contribution is 5.79. The predicted octanol–water partition coefficient (Wildman–Crippen LogP) is 4.98. The summed E-state index contributed by atoms with van der Waals surface area (Å²) in [6.07, 6.45) is 0.296. The van der Waals surface area contributed by atoms with Crippen molar-refractivity contribution < 1.29 is 14.3 Å². The van der Waals surface area contributed by atoms with Gasteiger partial charge in [0.2, 0.25) is 5.91 Å². The van der Waals surface area contributed by atoms with Gasteiger partial charge in [-0.05, 0) is 30.2 Å². The largest absolute Gasteiger partial charge is 0.458 e. The number of amides is 1. The zero-order valence-electron chi connectivity index (χ0n) is 16.9. The topological polar surface area (TPSA) is 62.5 Å². The predicted molar refractivity (Wildman–Crippen MR) is 118 cm³/mol. The average molecular weight is 399 g/mol. The number of carbonyl (C=O) groups excluding carboxylic acids is 1. The van der Waals surface area contributed by atoms with Crippen molar-refractivity contribution in [2.24, 2.45) is 0 Å². The second-order valence-electron chi connectivity index (χ2n) is 7.78. The molecule has 0 radical (unpaired) electrons. The van der Waals surface area contributed by atoms with Crippen LogP contribution in [-0.2, 0) is 10.4 Å². The van der Waals surface area contributed by atoms with Gasteiger partial charge in [-0.2, -0.15) is 0 Å². The number of para-hydroxylation sites is 1. The molecule has 152 valence electrons. The molecule has 0 fully saturated rings. The van der Waals surface area contributed by atoms with Crippen LogP contribution in [0, 0.1) is 0 Å². The molecule has 0 saturated carbocycles. The molecular formula is C26H25NO3. The Morgan fingerprint density at radius 3 is 2.10 bits per heavy atom. The molecule has 0 saturated heterocycles. The number of nitrogens with one attached hydrogen (secondary N) is 1.